The van der Waals surface area contributed by atoms with Crippen LogP contribution in [0.15, 0.2) is 53.7 Å². The summed E-state index contributed by atoms with van der Waals surface area (Å²) < 4.78 is 13.5. The molecule has 0 bridgehead atoms. The number of aromatic nitrogens is 1. The Labute approximate surface area is 147 Å². The molecule has 0 atom stereocenters. The lowest BCUT2D eigenvalue weighted by atomic mass is 10.2. The zero-order valence-electron chi connectivity index (χ0n) is 13.8. The monoisotopic (exact) mass is 346 g/mol. The predicted molar refractivity (Wildman–Crippen MR) is 99.6 cm³/mol. The van der Waals surface area contributed by atoms with Crippen molar-refractivity contribution in [3.05, 3.63) is 65.7 Å². The van der Waals surface area contributed by atoms with Crippen LogP contribution in [0.5, 0.6) is 0 Å². The number of hydrogen-bond donors (Lipinski definition) is 2. The molecule has 2 aromatic rings. The van der Waals surface area contributed by atoms with Crippen molar-refractivity contribution in [1.82, 2.24) is 15.6 Å². The van der Waals surface area contributed by atoms with Gasteiger partial charge in [-0.05, 0) is 30.7 Å². The number of nitrogens with one attached hydrogen (secondary N) is 2. The van der Waals surface area contributed by atoms with E-state index in [9.17, 15) is 4.39 Å². The van der Waals surface area contributed by atoms with E-state index < -0.39 is 0 Å². The van der Waals surface area contributed by atoms with Gasteiger partial charge in [0.05, 0.1) is 12.2 Å². The highest BCUT2D eigenvalue weighted by molar-refractivity contribution is 7.98. The summed E-state index contributed by atoms with van der Waals surface area (Å²) in [5.41, 5.74) is 1.68. The van der Waals surface area contributed by atoms with E-state index >= 15 is 0 Å². The van der Waals surface area contributed by atoms with Gasteiger partial charge in [-0.15, -0.1) is 0 Å². The highest BCUT2D eigenvalue weighted by Crippen LogP contribution is 2.14. The van der Waals surface area contributed by atoms with E-state index in [1.807, 2.05) is 37.3 Å². The van der Waals surface area contributed by atoms with E-state index in [4.69, 9.17) is 0 Å². The van der Waals surface area contributed by atoms with Gasteiger partial charge in [0.1, 0.15) is 5.82 Å². The molecule has 0 unspecified atom stereocenters. The van der Waals surface area contributed by atoms with Crippen molar-refractivity contribution in [1.29, 1.82) is 0 Å². The van der Waals surface area contributed by atoms with Gasteiger partial charge in [0.2, 0.25) is 0 Å². The maximum absolute atomic E-state index is 13.5. The molecule has 2 N–H and O–H groups in total. The molecule has 0 spiro atoms. The first-order valence-corrected chi connectivity index (χ1v) is 9.18. The summed E-state index contributed by atoms with van der Waals surface area (Å²) in [6.45, 7) is 4.15. The van der Waals surface area contributed by atoms with E-state index in [2.05, 4.69) is 20.6 Å². The van der Waals surface area contributed by atoms with Crippen molar-refractivity contribution in [3.8, 4) is 0 Å². The second-order valence-electron chi connectivity index (χ2n) is 5.09. The number of guanidine groups is 1. The molecule has 128 valence electrons. The minimum absolute atomic E-state index is 0.136. The van der Waals surface area contributed by atoms with Crippen LogP contribution >= 0.6 is 11.8 Å². The van der Waals surface area contributed by atoms with Crippen molar-refractivity contribution >= 4 is 17.7 Å². The zero-order valence-corrected chi connectivity index (χ0v) is 14.7. The van der Waals surface area contributed by atoms with Gasteiger partial charge in [0, 0.05) is 30.8 Å². The Bertz CT molecular complexity index is 634. The van der Waals surface area contributed by atoms with Gasteiger partial charge < -0.3 is 10.6 Å². The molecule has 0 saturated carbocycles. The van der Waals surface area contributed by atoms with Crippen LogP contribution in [0.25, 0.3) is 0 Å². The number of thioether (sulfide) groups is 1. The van der Waals surface area contributed by atoms with Crippen LogP contribution in [0.2, 0.25) is 0 Å². The maximum Gasteiger partial charge on any atom is 0.191 e. The number of rotatable bonds is 8. The number of benzene rings is 1. The molecule has 1 aromatic carbocycles. The second kappa shape index (κ2) is 10.6. The van der Waals surface area contributed by atoms with Crippen molar-refractivity contribution in [3.63, 3.8) is 0 Å². The lowest BCUT2D eigenvalue weighted by Gasteiger charge is -2.11. The third-order valence-corrected chi connectivity index (χ3v) is 4.23. The summed E-state index contributed by atoms with van der Waals surface area (Å²) in [5.74, 6) is 2.19. The fourth-order valence-corrected chi connectivity index (χ4v) is 2.88. The molecule has 0 amide bonds. The summed E-state index contributed by atoms with van der Waals surface area (Å²) in [6, 6.07) is 12.7. The molecule has 0 radical (unpaired) electrons. The second-order valence-corrected chi connectivity index (χ2v) is 6.19. The fourth-order valence-electron chi connectivity index (χ4n) is 2.03. The minimum atomic E-state index is -0.136. The van der Waals surface area contributed by atoms with Gasteiger partial charge in [-0.25, -0.2) is 9.38 Å². The first-order chi connectivity index (χ1) is 11.8. The number of aliphatic imine (C=N–C) groups is 1. The Morgan fingerprint density at radius 2 is 2.00 bits per heavy atom. The van der Waals surface area contributed by atoms with E-state index in [1.165, 1.54) is 6.07 Å². The van der Waals surface area contributed by atoms with Gasteiger partial charge in [-0.2, -0.15) is 11.8 Å². The van der Waals surface area contributed by atoms with Gasteiger partial charge in [0.15, 0.2) is 5.96 Å². The smallest absolute Gasteiger partial charge is 0.191 e. The van der Waals surface area contributed by atoms with E-state index in [0.717, 1.165) is 36.1 Å². The van der Waals surface area contributed by atoms with Crippen molar-refractivity contribution < 1.29 is 4.39 Å². The highest BCUT2D eigenvalue weighted by Gasteiger charge is 2.01. The minimum Gasteiger partial charge on any atom is -0.357 e. The molecule has 4 nitrogen and oxygen atoms in total. The van der Waals surface area contributed by atoms with Crippen LogP contribution < -0.4 is 10.6 Å². The van der Waals surface area contributed by atoms with Crippen LogP contribution in [-0.4, -0.2) is 29.8 Å². The molecular weight excluding hydrogens is 323 g/mol. The average Bonchev–Trinajstić information content (AvgIpc) is 2.61. The molecule has 0 aliphatic heterocycles. The summed E-state index contributed by atoms with van der Waals surface area (Å²) in [5, 5.41) is 6.50. The Kier molecular flexibility index (Phi) is 8.10. The number of pyridine rings is 1. The van der Waals surface area contributed by atoms with Crippen LogP contribution in [-0.2, 0) is 12.3 Å². The quantitative estimate of drug-likeness (QED) is 0.438. The number of hydrogen-bond acceptors (Lipinski definition) is 3. The molecule has 1 aromatic heterocycles. The van der Waals surface area contributed by atoms with Crippen molar-refractivity contribution in [2.45, 2.75) is 19.2 Å². The SMILES string of the molecule is CCNC(=NCc1ccccn1)NCCSCc1ccccc1F. The van der Waals surface area contributed by atoms with Crippen LogP contribution in [0.4, 0.5) is 4.39 Å². The predicted octanol–water partition coefficient (Wildman–Crippen LogP) is 3.21. The Balaban J connectivity index is 1.72. The van der Waals surface area contributed by atoms with Crippen molar-refractivity contribution in [2.75, 3.05) is 18.8 Å². The van der Waals surface area contributed by atoms with Gasteiger partial charge in [-0.3, -0.25) is 4.98 Å². The molecular formula is C18H23FN4S. The van der Waals surface area contributed by atoms with E-state index in [-0.39, 0.29) is 5.82 Å². The lowest BCUT2D eigenvalue weighted by Crippen LogP contribution is -2.38. The molecule has 24 heavy (non-hydrogen) atoms. The zero-order chi connectivity index (χ0) is 17.0. The number of halogens is 1. The maximum atomic E-state index is 13.5. The van der Waals surface area contributed by atoms with Crippen LogP contribution in [0.3, 0.4) is 0 Å². The molecule has 0 aliphatic carbocycles. The Morgan fingerprint density at radius 3 is 2.75 bits per heavy atom. The molecule has 0 saturated heterocycles. The lowest BCUT2D eigenvalue weighted by molar-refractivity contribution is 0.617. The van der Waals surface area contributed by atoms with Crippen LogP contribution in [0.1, 0.15) is 18.2 Å². The van der Waals surface area contributed by atoms with E-state index in [0.29, 0.717) is 12.3 Å². The largest absolute Gasteiger partial charge is 0.357 e. The first-order valence-electron chi connectivity index (χ1n) is 8.03. The first kappa shape index (κ1) is 18.3. The van der Waals surface area contributed by atoms with Gasteiger partial charge in [-0.1, -0.05) is 24.3 Å². The Morgan fingerprint density at radius 1 is 1.17 bits per heavy atom. The standard InChI is InChI=1S/C18H23FN4S/c1-2-20-18(23-13-16-8-5-6-10-21-16)22-11-12-24-14-15-7-3-4-9-17(15)19/h3-10H,2,11-14H2,1H3,(H2,20,22,23). The summed E-state index contributed by atoms with van der Waals surface area (Å²) >= 11 is 1.70. The molecule has 0 fully saturated rings. The molecule has 1 heterocycles. The summed E-state index contributed by atoms with van der Waals surface area (Å²) in [4.78, 5) is 8.78. The average molecular weight is 346 g/mol. The Hall–Kier alpha value is -2.08. The fraction of sp³-hybridized carbons (Fsp3) is 0.333. The molecule has 6 heteroatoms. The van der Waals surface area contributed by atoms with Crippen molar-refractivity contribution in [2.24, 2.45) is 4.99 Å². The normalized spacial score (nSPS) is 11.3. The highest BCUT2D eigenvalue weighted by atomic mass is 32.2. The topological polar surface area (TPSA) is 49.3 Å². The van der Waals surface area contributed by atoms with Crippen LogP contribution in [0, 0.1) is 5.82 Å². The summed E-state index contributed by atoms with van der Waals surface area (Å²) in [6.07, 6.45) is 1.77. The van der Waals surface area contributed by atoms with Gasteiger partial charge >= 0.3 is 0 Å². The third-order valence-electron chi connectivity index (χ3n) is 3.22. The molecule has 0 aliphatic rings. The summed E-state index contributed by atoms with van der Waals surface area (Å²) in [7, 11) is 0. The third kappa shape index (κ3) is 6.58. The van der Waals surface area contributed by atoms with Gasteiger partial charge in [0.25, 0.3) is 0 Å². The molecule has 2 rings (SSSR count). The number of nitrogens with zero attached hydrogens (tertiary/aromatic N) is 2. The van der Waals surface area contributed by atoms with E-state index in [1.54, 1.807) is 24.0 Å².